The molecular weight excluding hydrogens is 458 g/mol. The molecule has 162 valence electrons. The van der Waals surface area contributed by atoms with Crippen LogP contribution in [0.2, 0.25) is 0 Å². The van der Waals surface area contributed by atoms with E-state index in [1.165, 1.54) is 13.0 Å². The SMILES string of the molecule is CC(C(=O)N1C(=O)OCC1c1ccccc1)C1OC(O)(CCCCO)C(Br)=CC1=O. The minimum atomic E-state index is -1.79. The Morgan fingerprint density at radius 2 is 2.00 bits per heavy atom. The summed E-state index contributed by atoms with van der Waals surface area (Å²) >= 11 is 3.17. The van der Waals surface area contributed by atoms with Gasteiger partial charge in [0.25, 0.3) is 0 Å². The van der Waals surface area contributed by atoms with Crippen LogP contribution in [-0.2, 0) is 19.1 Å². The van der Waals surface area contributed by atoms with Gasteiger partial charge in [0.15, 0.2) is 11.6 Å². The lowest BCUT2D eigenvalue weighted by atomic mass is 9.93. The quantitative estimate of drug-likeness (QED) is 0.574. The molecule has 2 N–H and O–H groups in total. The number of carbonyl (C=O) groups excluding carboxylic acids is 3. The first-order valence-electron chi connectivity index (χ1n) is 9.76. The molecule has 0 saturated carbocycles. The third-order valence-corrected chi connectivity index (χ3v) is 6.16. The zero-order chi connectivity index (χ0) is 21.9. The van der Waals surface area contributed by atoms with E-state index in [0.717, 1.165) is 10.5 Å². The summed E-state index contributed by atoms with van der Waals surface area (Å²) in [5.74, 6) is -3.92. The number of cyclic esters (lactones) is 1. The Labute approximate surface area is 182 Å². The maximum absolute atomic E-state index is 13.2. The molecule has 1 saturated heterocycles. The second-order valence-corrected chi connectivity index (χ2v) is 8.25. The number of halogens is 1. The molecule has 1 aromatic rings. The molecule has 0 aromatic heterocycles. The van der Waals surface area contributed by atoms with E-state index in [1.807, 2.05) is 6.07 Å². The first-order valence-corrected chi connectivity index (χ1v) is 10.5. The van der Waals surface area contributed by atoms with E-state index in [1.54, 1.807) is 24.3 Å². The second kappa shape index (κ2) is 9.38. The van der Waals surface area contributed by atoms with Crippen LogP contribution in [0.15, 0.2) is 40.9 Å². The molecule has 9 heteroatoms. The number of rotatable bonds is 7. The number of nitrogens with zero attached hydrogens (tertiary/aromatic N) is 1. The molecule has 0 bridgehead atoms. The zero-order valence-electron chi connectivity index (χ0n) is 16.5. The van der Waals surface area contributed by atoms with Crippen molar-refractivity contribution in [3.8, 4) is 0 Å². The lowest BCUT2D eigenvalue weighted by Gasteiger charge is -2.37. The van der Waals surface area contributed by atoms with Crippen molar-refractivity contribution in [1.82, 2.24) is 4.90 Å². The van der Waals surface area contributed by atoms with Crippen molar-refractivity contribution in [2.24, 2.45) is 5.92 Å². The van der Waals surface area contributed by atoms with Gasteiger partial charge in [0.05, 0.1) is 10.4 Å². The van der Waals surface area contributed by atoms with Crippen LogP contribution >= 0.6 is 15.9 Å². The van der Waals surface area contributed by atoms with E-state index in [2.05, 4.69) is 15.9 Å². The van der Waals surface area contributed by atoms with Gasteiger partial charge in [-0.1, -0.05) is 37.3 Å². The predicted molar refractivity (Wildman–Crippen MR) is 109 cm³/mol. The van der Waals surface area contributed by atoms with Crippen LogP contribution in [-0.4, -0.2) is 58.0 Å². The van der Waals surface area contributed by atoms with E-state index in [9.17, 15) is 19.5 Å². The van der Waals surface area contributed by atoms with Gasteiger partial charge in [-0.05, 0) is 40.4 Å². The summed E-state index contributed by atoms with van der Waals surface area (Å²) in [5, 5.41) is 19.8. The van der Waals surface area contributed by atoms with Gasteiger partial charge < -0.3 is 19.7 Å². The van der Waals surface area contributed by atoms with Crippen LogP contribution in [0.25, 0.3) is 0 Å². The van der Waals surface area contributed by atoms with Crippen molar-refractivity contribution >= 4 is 33.7 Å². The molecule has 0 radical (unpaired) electrons. The molecule has 3 rings (SSSR count). The lowest BCUT2D eigenvalue weighted by molar-refractivity contribution is -0.217. The normalized spacial score (nSPS) is 27.6. The molecule has 2 amide bonds. The number of imide groups is 1. The Morgan fingerprint density at radius 3 is 2.67 bits per heavy atom. The van der Waals surface area contributed by atoms with Crippen LogP contribution in [0, 0.1) is 5.92 Å². The first-order chi connectivity index (χ1) is 14.3. The highest BCUT2D eigenvalue weighted by atomic mass is 79.9. The van der Waals surface area contributed by atoms with E-state index in [0.29, 0.717) is 12.8 Å². The van der Waals surface area contributed by atoms with Crippen molar-refractivity contribution in [2.45, 2.75) is 44.1 Å². The van der Waals surface area contributed by atoms with Gasteiger partial charge in [0, 0.05) is 13.0 Å². The number of benzene rings is 1. The number of ether oxygens (including phenoxy) is 2. The summed E-state index contributed by atoms with van der Waals surface area (Å²) in [5.41, 5.74) is 0.739. The van der Waals surface area contributed by atoms with Gasteiger partial charge in [0.2, 0.25) is 5.91 Å². The smallest absolute Gasteiger partial charge is 0.417 e. The molecule has 0 aliphatic carbocycles. The van der Waals surface area contributed by atoms with Crippen LogP contribution < -0.4 is 0 Å². The largest absolute Gasteiger partial charge is 0.446 e. The Bertz CT molecular complexity index is 843. The molecule has 2 aliphatic rings. The summed E-state index contributed by atoms with van der Waals surface area (Å²) in [4.78, 5) is 39.0. The number of carbonyl (C=O) groups is 3. The van der Waals surface area contributed by atoms with E-state index in [-0.39, 0.29) is 24.1 Å². The maximum atomic E-state index is 13.2. The van der Waals surface area contributed by atoms with Gasteiger partial charge in [0.1, 0.15) is 18.8 Å². The minimum absolute atomic E-state index is 0.0251. The number of ketones is 1. The molecule has 4 atom stereocenters. The van der Waals surface area contributed by atoms with E-state index < -0.39 is 41.6 Å². The Kier molecular flexibility index (Phi) is 7.07. The van der Waals surface area contributed by atoms with Crippen molar-refractivity contribution in [2.75, 3.05) is 13.2 Å². The number of hydrogen-bond donors (Lipinski definition) is 2. The van der Waals surface area contributed by atoms with Crippen molar-refractivity contribution < 1.29 is 34.1 Å². The average molecular weight is 482 g/mol. The van der Waals surface area contributed by atoms with E-state index >= 15 is 0 Å². The fourth-order valence-electron chi connectivity index (χ4n) is 3.58. The summed E-state index contributed by atoms with van der Waals surface area (Å²) in [6, 6.07) is 8.41. The molecule has 1 aromatic carbocycles. The third kappa shape index (κ3) is 4.49. The van der Waals surface area contributed by atoms with Gasteiger partial charge in [-0.15, -0.1) is 0 Å². The standard InChI is InChI=1S/C21H24BrNO7/c1-13(18-16(25)11-17(22)21(28,30-18)9-5-6-10-24)19(26)23-15(12-29-20(23)27)14-7-3-2-4-8-14/h2-4,7-8,11,13,15,18,24,28H,5-6,9-10,12H2,1H3. The topological polar surface area (TPSA) is 113 Å². The van der Waals surface area contributed by atoms with E-state index in [4.69, 9.17) is 14.6 Å². The highest BCUT2D eigenvalue weighted by Gasteiger charge is 2.48. The van der Waals surface area contributed by atoms with Gasteiger partial charge >= 0.3 is 6.09 Å². The summed E-state index contributed by atoms with van der Waals surface area (Å²) in [6.45, 7) is 1.48. The Hall–Kier alpha value is -2.07. The third-order valence-electron chi connectivity index (χ3n) is 5.31. The monoisotopic (exact) mass is 481 g/mol. The number of aliphatic hydroxyl groups excluding tert-OH is 1. The molecule has 1 fully saturated rings. The molecule has 30 heavy (non-hydrogen) atoms. The van der Waals surface area contributed by atoms with Crippen LogP contribution in [0.4, 0.5) is 4.79 Å². The summed E-state index contributed by atoms with van der Waals surface area (Å²) < 4.78 is 10.9. The minimum Gasteiger partial charge on any atom is -0.446 e. The molecule has 2 heterocycles. The van der Waals surface area contributed by atoms with Crippen molar-refractivity contribution in [3.05, 3.63) is 46.5 Å². The number of aliphatic hydroxyl groups is 2. The number of unbranched alkanes of at least 4 members (excludes halogenated alkanes) is 1. The zero-order valence-corrected chi connectivity index (χ0v) is 18.1. The van der Waals surface area contributed by atoms with Crippen LogP contribution in [0.3, 0.4) is 0 Å². The summed E-state index contributed by atoms with van der Waals surface area (Å²) in [7, 11) is 0. The fraction of sp³-hybridized carbons (Fsp3) is 0.476. The van der Waals surface area contributed by atoms with Gasteiger partial charge in [-0.3, -0.25) is 9.59 Å². The molecule has 8 nitrogen and oxygen atoms in total. The first kappa shape index (κ1) is 22.6. The molecule has 0 spiro atoms. The molecular formula is C21H24BrNO7. The van der Waals surface area contributed by atoms with Gasteiger partial charge in [-0.25, -0.2) is 9.69 Å². The van der Waals surface area contributed by atoms with Gasteiger partial charge in [-0.2, -0.15) is 0 Å². The Balaban J connectivity index is 1.80. The fourth-order valence-corrected chi connectivity index (χ4v) is 4.10. The number of hydrogen-bond acceptors (Lipinski definition) is 7. The number of amides is 2. The van der Waals surface area contributed by atoms with Crippen LogP contribution in [0.5, 0.6) is 0 Å². The highest BCUT2D eigenvalue weighted by Crippen LogP contribution is 2.38. The van der Waals surface area contributed by atoms with Crippen LogP contribution in [0.1, 0.15) is 37.8 Å². The molecule has 4 unspecified atom stereocenters. The average Bonchev–Trinajstić information content (AvgIpc) is 3.12. The predicted octanol–water partition coefficient (Wildman–Crippen LogP) is 2.44. The van der Waals surface area contributed by atoms with Crippen molar-refractivity contribution in [3.63, 3.8) is 0 Å². The highest BCUT2D eigenvalue weighted by molar-refractivity contribution is 9.11. The maximum Gasteiger partial charge on any atom is 0.417 e. The second-order valence-electron chi connectivity index (χ2n) is 7.40. The lowest BCUT2D eigenvalue weighted by Crippen LogP contribution is -2.51. The summed E-state index contributed by atoms with van der Waals surface area (Å²) in [6.07, 6.45) is 0.203. The van der Waals surface area contributed by atoms with Crippen molar-refractivity contribution in [1.29, 1.82) is 0 Å². The Morgan fingerprint density at radius 1 is 1.30 bits per heavy atom. The molecule has 2 aliphatic heterocycles.